The van der Waals surface area contributed by atoms with Crippen molar-refractivity contribution in [1.29, 1.82) is 0 Å². The van der Waals surface area contributed by atoms with E-state index in [0.717, 1.165) is 50.0 Å². The molecule has 0 saturated heterocycles. The van der Waals surface area contributed by atoms with Gasteiger partial charge < -0.3 is 19.3 Å². The summed E-state index contributed by atoms with van der Waals surface area (Å²) in [7, 11) is 3.33. The van der Waals surface area contributed by atoms with Crippen LogP contribution in [0.2, 0.25) is 0 Å². The minimum Gasteiger partial charge on any atom is -0.497 e. The van der Waals surface area contributed by atoms with E-state index >= 15 is 0 Å². The molecular formula is C24H30O5. The van der Waals surface area contributed by atoms with Gasteiger partial charge in [0, 0.05) is 13.3 Å². The Morgan fingerprint density at radius 2 is 1.41 bits per heavy atom. The van der Waals surface area contributed by atoms with Gasteiger partial charge in [-0.3, -0.25) is 4.79 Å². The summed E-state index contributed by atoms with van der Waals surface area (Å²) in [6.07, 6.45) is 5.19. The van der Waals surface area contributed by atoms with Gasteiger partial charge in [0.1, 0.15) is 17.6 Å². The van der Waals surface area contributed by atoms with Gasteiger partial charge in [-0.25, -0.2) is 0 Å². The van der Waals surface area contributed by atoms with E-state index in [2.05, 4.69) is 12.1 Å². The van der Waals surface area contributed by atoms with Crippen LogP contribution in [-0.2, 0) is 35.2 Å². The van der Waals surface area contributed by atoms with E-state index in [-0.39, 0.29) is 18.2 Å². The first-order valence-electron chi connectivity index (χ1n) is 10.2. The van der Waals surface area contributed by atoms with Crippen molar-refractivity contribution in [2.75, 3.05) is 14.2 Å². The number of carbonyl (C=O) groups excluding carboxylic acids is 1. The topological polar surface area (TPSA) is 65.0 Å². The molecule has 2 aromatic rings. The highest BCUT2D eigenvalue weighted by Crippen LogP contribution is 2.27. The zero-order valence-electron chi connectivity index (χ0n) is 17.4. The molecule has 0 bridgehead atoms. The largest absolute Gasteiger partial charge is 0.497 e. The zero-order chi connectivity index (χ0) is 20.8. The van der Waals surface area contributed by atoms with Crippen LogP contribution in [-0.4, -0.2) is 37.5 Å². The molecule has 156 valence electrons. The van der Waals surface area contributed by atoms with E-state index in [0.29, 0.717) is 0 Å². The number of rotatable bonds is 3. The second-order valence-corrected chi connectivity index (χ2v) is 7.64. The number of aliphatic hydroxyl groups excluding tert-OH is 1. The molecule has 0 fully saturated rings. The van der Waals surface area contributed by atoms with E-state index in [1.165, 1.54) is 29.2 Å². The number of carbonyl (C=O) groups is 1. The van der Waals surface area contributed by atoms with Crippen molar-refractivity contribution >= 4 is 5.97 Å². The highest BCUT2D eigenvalue weighted by Gasteiger charge is 2.21. The molecule has 0 aromatic heterocycles. The smallest absolute Gasteiger partial charge is 0.302 e. The molecule has 0 aliphatic heterocycles. The van der Waals surface area contributed by atoms with Crippen LogP contribution in [0.25, 0.3) is 0 Å². The van der Waals surface area contributed by atoms with Crippen LogP contribution in [0.1, 0.15) is 42.0 Å². The van der Waals surface area contributed by atoms with Crippen molar-refractivity contribution in [3.8, 4) is 11.5 Å². The number of methoxy groups -OCH3 is 2. The van der Waals surface area contributed by atoms with Gasteiger partial charge >= 0.3 is 5.97 Å². The van der Waals surface area contributed by atoms with Gasteiger partial charge in [0.2, 0.25) is 0 Å². The molecular weight excluding hydrogens is 368 g/mol. The second kappa shape index (κ2) is 9.79. The average Bonchev–Trinajstić information content (AvgIpc) is 2.72. The Bertz CT molecular complexity index is 845. The lowest BCUT2D eigenvalue weighted by Gasteiger charge is -2.24. The van der Waals surface area contributed by atoms with Gasteiger partial charge in [-0.2, -0.15) is 0 Å². The second-order valence-electron chi connectivity index (χ2n) is 7.64. The Kier molecular flexibility index (Phi) is 7.15. The van der Waals surface area contributed by atoms with Crippen LogP contribution in [0.3, 0.4) is 0 Å². The van der Waals surface area contributed by atoms with Crippen LogP contribution >= 0.6 is 0 Å². The molecule has 0 amide bonds. The van der Waals surface area contributed by atoms with Gasteiger partial charge in [0.05, 0.1) is 20.3 Å². The Labute approximate surface area is 172 Å². The molecule has 0 heterocycles. The van der Waals surface area contributed by atoms with Crippen LogP contribution < -0.4 is 9.47 Å². The third-order valence-electron chi connectivity index (χ3n) is 5.55. The number of ether oxygens (including phenoxy) is 3. The van der Waals surface area contributed by atoms with Crippen LogP contribution in [0.5, 0.6) is 11.5 Å². The summed E-state index contributed by atoms with van der Waals surface area (Å²) in [4.78, 5) is 10.9. The van der Waals surface area contributed by atoms with Gasteiger partial charge in [-0.1, -0.05) is 12.1 Å². The molecule has 5 nitrogen and oxygen atoms in total. The fourth-order valence-electron chi connectivity index (χ4n) is 4.00. The maximum Gasteiger partial charge on any atom is 0.302 e. The summed E-state index contributed by atoms with van der Waals surface area (Å²) >= 11 is 0. The molecule has 29 heavy (non-hydrogen) atoms. The number of benzene rings is 2. The minimum absolute atomic E-state index is 0.0251. The van der Waals surface area contributed by atoms with Gasteiger partial charge in [0.15, 0.2) is 0 Å². The molecule has 5 heteroatoms. The van der Waals surface area contributed by atoms with E-state index in [4.69, 9.17) is 14.2 Å². The number of aryl methyl sites for hydroxylation is 2. The van der Waals surface area contributed by atoms with Crippen molar-refractivity contribution in [2.24, 2.45) is 0 Å². The summed E-state index contributed by atoms with van der Waals surface area (Å²) in [5.74, 6) is 1.55. The standard InChI is InChI=1S/C13H16O3.C11H14O2/c1-9(14)16-13-6-4-10-3-5-12(15-2)7-11(10)8-13;1-13-11-5-3-8-2-4-10(12)6-9(8)7-11/h3,5,7,13H,4,6,8H2,1-2H3;3,5,7,10,12H,2,4,6H2,1H3. The molecule has 2 aromatic carbocycles. The third-order valence-corrected chi connectivity index (χ3v) is 5.55. The predicted octanol–water partition coefficient (Wildman–Crippen LogP) is 3.66. The molecule has 1 N–H and O–H groups in total. The lowest BCUT2D eigenvalue weighted by molar-refractivity contribution is -0.146. The van der Waals surface area contributed by atoms with Crippen LogP contribution in [0.15, 0.2) is 36.4 Å². The van der Waals surface area contributed by atoms with Crippen molar-refractivity contribution in [2.45, 2.75) is 57.7 Å². The van der Waals surface area contributed by atoms with Crippen molar-refractivity contribution in [3.05, 3.63) is 58.7 Å². The molecule has 2 unspecified atom stereocenters. The van der Waals surface area contributed by atoms with Crippen molar-refractivity contribution < 1.29 is 24.1 Å². The Balaban J connectivity index is 0.000000169. The van der Waals surface area contributed by atoms with Gasteiger partial charge in [-0.15, -0.1) is 0 Å². The average molecular weight is 398 g/mol. The molecule has 2 aliphatic carbocycles. The number of fused-ring (bicyclic) bond motifs is 2. The molecule has 0 radical (unpaired) electrons. The Hall–Kier alpha value is -2.53. The first-order valence-corrected chi connectivity index (χ1v) is 10.2. The minimum atomic E-state index is -0.198. The first kappa shape index (κ1) is 21.2. The maximum absolute atomic E-state index is 10.9. The number of hydrogen-bond acceptors (Lipinski definition) is 5. The zero-order valence-corrected chi connectivity index (χ0v) is 17.4. The molecule has 2 aliphatic rings. The van der Waals surface area contributed by atoms with E-state index in [1.807, 2.05) is 24.3 Å². The summed E-state index contributed by atoms with van der Waals surface area (Å²) in [5.41, 5.74) is 5.16. The number of hydrogen-bond donors (Lipinski definition) is 1. The van der Waals surface area contributed by atoms with Crippen LogP contribution in [0.4, 0.5) is 0 Å². The fourth-order valence-corrected chi connectivity index (χ4v) is 4.00. The fraction of sp³-hybridized carbons (Fsp3) is 0.458. The number of esters is 1. The summed E-state index contributed by atoms with van der Waals surface area (Å²) in [5, 5.41) is 9.48. The van der Waals surface area contributed by atoms with E-state index in [1.54, 1.807) is 14.2 Å². The van der Waals surface area contributed by atoms with Gasteiger partial charge in [0.25, 0.3) is 0 Å². The summed E-state index contributed by atoms with van der Waals surface area (Å²) in [6.45, 7) is 1.46. The van der Waals surface area contributed by atoms with Crippen molar-refractivity contribution in [1.82, 2.24) is 0 Å². The molecule has 4 rings (SSSR count). The lowest BCUT2D eigenvalue weighted by Crippen LogP contribution is -2.24. The normalized spacial score (nSPS) is 19.7. The van der Waals surface area contributed by atoms with Gasteiger partial charge in [-0.05, 0) is 78.6 Å². The lowest BCUT2D eigenvalue weighted by atomic mass is 9.89. The quantitative estimate of drug-likeness (QED) is 0.800. The first-order chi connectivity index (χ1) is 14.0. The monoisotopic (exact) mass is 398 g/mol. The predicted molar refractivity (Wildman–Crippen MR) is 112 cm³/mol. The van der Waals surface area contributed by atoms with Crippen molar-refractivity contribution in [3.63, 3.8) is 0 Å². The molecule has 0 spiro atoms. The third kappa shape index (κ3) is 5.73. The summed E-state index contributed by atoms with van der Waals surface area (Å²) in [6, 6.07) is 12.2. The SMILES string of the molecule is COc1ccc2c(c1)CC(O)CC2.COc1ccc2c(c1)CC(OC(C)=O)CC2. The molecule has 0 saturated carbocycles. The Morgan fingerprint density at radius 1 is 0.862 bits per heavy atom. The molecule has 2 atom stereocenters. The van der Waals surface area contributed by atoms with E-state index < -0.39 is 0 Å². The summed E-state index contributed by atoms with van der Waals surface area (Å²) < 4.78 is 15.6. The maximum atomic E-state index is 10.9. The van der Waals surface area contributed by atoms with E-state index in [9.17, 15) is 9.90 Å². The Morgan fingerprint density at radius 3 is 1.97 bits per heavy atom. The highest BCUT2D eigenvalue weighted by molar-refractivity contribution is 5.66. The highest BCUT2D eigenvalue weighted by atomic mass is 16.5. The number of aliphatic hydroxyl groups is 1. The van der Waals surface area contributed by atoms with Crippen LogP contribution in [0, 0.1) is 0 Å².